The molecule has 0 aliphatic rings. The van der Waals surface area contributed by atoms with Crippen LogP contribution >= 0.6 is 0 Å². The van der Waals surface area contributed by atoms with Gasteiger partial charge >= 0.3 is 0 Å². The molecule has 0 nitrogen and oxygen atoms in total. The van der Waals surface area contributed by atoms with Crippen LogP contribution in [0, 0.1) is 0 Å². The van der Waals surface area contributed by atoms with Crippen molar-refractivity contribution in [2.75, 3.05) is 0 Å². The fraction of sp³-hybridized carbons (Fsp3) is 0.143. The van der Waals surface area contributed by atoms with Crippen LogP contribution in [0.25, 0.3) is 11.1 Å². The highest BCUT2D eigenvalue weighted by atomic mass is 14.0. The maximum absolute atomic E-state index is 2.20. The van der Waals surface area contributed by atoms with Crippen LogP contribution in [0.5, 0.6) is 0 Å². The summed E-state index contributed by atoms with van der Waals surface area (Å²) in [6.07, 6.45) is 1.11. The highest BCUT2D eigenvalue weighted by Gasteiger charge is 1.96. The minimum absolute atomic E-state index is 1.11. The summed E-state index contributed by atoms with van der Waals surface area (Å²) in [4.78, 5) is 0. The number of benzene rings is 2. The zero-order chi connectivity index (χ0) is 10.7. The summed E-state index contributed by atoms with van der Waals surface area (Å²) >= 11 is 0. The third-order valence-corrected chi connectivity index (χ3v) is 2.75. The maximum atomic E-state index is 2.20. The first-order chi connectivity index (χ1) is 7.29. The van der Waals surface area contributed by atoms with E-state index in [4.69, 9.17) is 0 Å². The first-order valence-corrected chi connectivity index (χ1v) is 5.45. The van der Waals surface area contributed by atoms with Crippen molar-refractivity contribution in [3.05, 3.63) is 54.1 Å². The molecule has 0 saturated heterocycles. The molecule has 0 amide bonds. The zero-order valence-electron chi connectivity index (χ0n) is 9.33. The Morgan fingerprint density at radius 2 is 1.27 bits per heavy atom. The maximum Gasteiger partial charge on any atom is 0.139 e. The Morgan fingerprint density at radius 1 is 0.800 bits per heavy atom. The lowest BCUT2D eigenvalue weighted by atomic mass is 9.93. The van der Waals surface area contributed by atoms with Gasteiger partial charge in [-0.3, -0.25) is 0 Å². The average Bonchev–Trinajstić information content (AvgIpc) is 2.30. The molecule has 74 valence electrons. The monoisotopic (exact) mass is 194 g/mol. The van der Waals surface area contributed by atoms with Crippen molar-refractivity contribution in [1.29, 1.82) is 0 Å². The number of hydrogen-bond donors (Lipinski definition) is 0. The Bertz CT molecular complexity index is 426. The first-order valence-electron chi connectivity index (χ1n) is 5.45. The van der Waals surface area contributed by atoms with Gasteiger partial charge in [-0.2, -0.15) is 0 Å². The molecule has 0 spiro atoms. The van der Waals surface area contributed by atoms with Gasteiger partial charge in [0.2, 0.25) is 0 Å². The molecule has 0 bridgehead atoms. The second kappa shape index (κ2) is 4.35. The Kier molecular flexibility index (Phi) is 2.91. The molecular weight excluding hydrogens is 179 g/mol. The molecule has 0 heterocycles. The van der Waals surface area contributed by atoms with E-state index in [0.717, 1.165) is 6.42 Å². The van der Waals surface area contributed by atoms with Crippen molar-refractivity contribution in [2.24, 2.45) is 0 Å². The highest BCUT2D eigenvalue weighted by molar-refractivity contribution is 6.32. The number of rotatable bonds is 2. The Balaban J connectivity index is 2.33. The van der Waals surface area contributed by atoms with Crippen LogP contribution in [0.3, 0.4) is 0 Å². The Morgan fingerprint density at radius 3 is 1.73 bits per heavy atom. The van der Waals surface area contributed by atoms with E-state index < -0.39 is 0 Å². The van der Waals surface area contributed by atoms with E-state index in [1.54, 1.807) is 0 Å². The minimum atomic E-state index is 1.11. The predicted molar refractivity (Wildman–Crippen MR) is 69.4 cm³/mol. The molecular formula is C14H15B. The third-order valence-electron chi connectivity index (χ3n) is 2.75. The molecule has 0 N–H and O–H groups in total. The summed E-state index contributed by atoms with van der Waals surface area (Å²) in [5, 5.41) is 0. The second-order valence-electron chi connectivity index (χ2n) is 3.92. The Labute approximate surface area is 92.4 Å². The van der Waals surface area contributed by atoms with E-state index in [1.807, 2.05) is 0 Å². The van der Waals surface area contributed by atoms with Crippen molar-refractivity contribution in [1.82, 2.24) is 0 Å². The van der Waals surface area contributed by atoms with Crippen LogP contribution in [0.15, 0.2) is 48.5 Å². The Hall–Kier alpha value is -1.50. The number of hydrogen-bond acceptors (Lipinski definition) is 0. The molecule has 1 heteroatoms. The SMILES string of the molecule is Bc1ccc(-c2ccc(CC)cc2)cc1. The van der Waals surface area contributed by atoms with Gasteiger partial charge in [0, 0.05) is 0 Å². The lowest BCUT2D eigenvalue weighted by molar-refractivity contribution is 1.14. The van der Waals surface area contributed by atoms with Crippen LogP contribution < -0.4 is 5.46 Å². The summed E-state index contributed by atoms with van der Waals surface area (Å²) < 4.78 is 0. The van der Waals surface area contributed by atoms with E-state index in [0.29, 0.717) is 0 Å². The second-order valence-corrected chi connectivity index (χ2v) is 3.92. The van der Waals surface area contributed by atoms with Gasteiger partial charge in [0.05, 0.1) is 0 Å². The van der Waals surface area contributed by atoms with Gasteiger partial charge in [-0.25, -0.2) is 0 Å². The van der Waals surface area contributed by atoms with E-state index in [2.05, 4.69) is 63.3 Å². The van der Waals surface area contributed by atoms with Gasteiger partial charge in [-0.1, -0.05) is 60.9 Å². The van der Waals surface area contributed by atoms with Crippen molar-refractivity contribution < 1.29 is 0 Å². The van der Waals surface area contributed by atoms with Crippen molar-refractivity contribution >= 4 is 13.3 Å². The molecule has 2 aromatic carbocycles. The fourth-order valence-corrected chi connectivity index (χ4v) is 1.68. The molecule has 2 aromatic rings. The van der Waals surface area contributed by atoms with Crippen LogP contribution in [-0.2, 0) is 6.42 Å². The predicted octanol–water partition coefficient (Wildman–Crippen LogP) is 2.17. The van der Waals surface area contributed by atoms with E-state index >= 15 is 0 Å². The van der Waals surface area contributed by atoms with Gasteiger partial charge in [0.25, 0.3) is 0 Å². The van der Waals surface area contributed by atoms with Crippen LogP contribution in [0.2, 0.25) is 0 Å². The van der Waals surface area contributed by atoms with Crippen molar-refractivity contribution in [2.45, 2.75) is 13.3 Å². The third kappa shape index (κ3) is 2.30. The first kappa shape index (κ1) is 10.0. The van der Waals surface area contributed by atoms with Crippen LogP contribution in [0.4, 0.5) is 0 Å². The van der Waals surface area contributed by atoms with Crippen LogP contribution in [0.1, 0.15) is 12.5 Å². The topological polar surface area (TPSA) is 0 Å². The van der Waals surface area contributed by atoms with E-state index in [-0.39, 0.29) is 0 Å². The quantitative estimate of drug-likeness (QED) is 0.642. The molecule has 0 aliphatic heterocycles. The van der Waals surface area contributed by atoms with E-state index in [9.17, 15) is 0 Å². The molecule has 0 atom stereocenters. The van der Waals surface area contributed by atoms with Gasteiger partial charge in [-0.05, 0) is 23.1 Å². The summed E-state index contributed by atoms with van der Waals surface area (Å²) in [6.45, 7) is 2.18. The molecule has 0 aliphatic carbocycles. The van der Waals surface area contributed by atoms with Crippen LogP contribution in [-0.4, -0.2) is 7.85 Å². The van der Waals surface area contributed by atoms with Gasteiger partial charge < -0.3 is 0 Å². The lowest BCUT2D eigenvalue weighted by Crippen LogP contribution is -1.99. The van der Waals surface area contributed by atoms with Gasteiger partial charge in [0.15, 0.2) is 0 Å². The highest BCUT2D eigenvalue weighted by Crippen LogP contribution is 2.18. The van der Waals surface area contributed by atoms with E-state index in [1.165, 1.54) is 22.2 Å². The molecule has 0 unspecified atom stereocenters. The molecule has 2 rings (SSSR count). The summed E-state index contributed by atoms with van der Waals surface area (Å²) in [7, 11) is 2.12. The molecule has 0 radical (unpaired) electrons. The zero-order valence-corrected chi connectivity index (χ0v) is 9.33. The minimum Gasteiger partial charge on any atom is -0.0889 e. The smallest absolute Gasteiger partial charge is 0.0889 e. The molecule has 0 saturated carbocycles. The normalized spacial score (nSPS) is 10.2. The van der Waals surface area contributed by atoms with Crippen molar-refractivity contribution in [3.63, 3.8) is 0 Å². The van der Waals surface area contributed by atoms with Gasteiger partial charge in [-0.15, -0.1) is 0 Å². The standard InChI is InChI=1S/C14H15B/c1-2-11-3-5-12(6-4-11)13-7-9-14(15)10-8-13/h3-10H,2,15H2,1H3. The fourth-order valence-electron chi connectivity index (χ4n) is 1.68. The molecule has 0 fully saturated rings. The summed E-state index contributed by atoms with van der Waals surface area (Å²) in [5.74, 6) is 0. The van der Waals surface area contributed by atoms with Gasteiger partial charge in [0.1, 0.15) is 7.85 Å². The summed E-state index contributed by atoms with van der Waals surface area (Å²) in [6, 6.07) is 17.5. The molecule has 0 aromatic heterocycles. The molecule has 15 heavy (non-hydrogen) atoms. The lowest BCUT2D eigenvalue weighted by Gasteiger charge is -2.03. The van der Waals surface area contributed by atoms with Crippen molar-refractivity contribution in [3.8, 4) is 11.1 Å². The largest absolute Gasteiger partial charge is 0.139 e. The number of aryl methyl sites for hydroxylation is 1. The average molecular weight is 194 g/mol. The summed E-state index contributed by atoms with van der Waals surface area (Å²) in [5.41, 5.74) is 5.30.